The average Bonchev–Trinajstić information content (AvgIpc) is 3.17. The Morgan fingerprint density at radius 1 is 1.37 bits per heavy atom. The van der Waals surface area contributed by atoms with Crippen LogP contribution in [0.1, 0.15) is 43.4 Å². The molecular weight excluding hydrogens is 256 g/mol. The van der Waals surface area contributed by atoms with Crippen molar-refractivity contribution in [1.29, 1.82) is 0 Å². The highest BCUT2D eigenvalue weighted by molar-refractivity contribution is 6.30. The van der Waals surface area contributed by atoms with E-state index in [-0.39, 0.29) is 0 Å². The molecule has 0 saturated heterocycles. The van der Waals surface area contributed by atoms with Crippen molar-refractivity contribution in [3.8, 4) is 0 Å². The smallest absolute Gasteiger partial charge is 0.0408 e. The van der Waals surface area contributed by atoms with Crippen LogP contribution in [0, 0.1) is 0 Å². The van der Waals surface area contributed by atoms with Gasteiger partial charge in [-0.25, -0.2) is 0 Å². The van der Waals surface area contributed by atoms with Crippen LogP contribution in [-0.2, 0) is 6.42 Å². The monoisotopic (exact) mass is 278 g/mol. The van der Waals surface area contributed by atoms with E-state index < -0.39 is 0 Å². The maximum absolute atomic E-state index is 6.05. The topological polar surface area (TPSA) is 15.3 Å². The quantitative estimate of drug-likeness (QED) is 0.888. The van der Waals surface area contributed by atoms with E-state index in [9.17, 15) is 0 Å². The second-order valence-corrected chi connectivity index (χ2v) is 6.52. The van der Waals surface area contributed by atoms with E-state index in [0.717, 1.165) is 24.0 Å². The van der Waals surface area contributed by atoms with Gasteiger partial charge in [0.15, 0.2) is 0 Å². The fraction of sp³-hybridized carbons (Fsp3) is 0.625. The number of aryl methyl sites for hydroxylation is 1. The fourth-order valence-electron chi connectivity index (χ4n) is 3.10. The zero-order valence-electron chi connectivity index (χ0n) is 11.8. The maximum atomic E-state index is 6.05. The first-order chi connectivity index (χ1) is 9.15. The number of nitrogens with one attached hydrogen (secondary N) is 1. The minimum absolute atomic E-state index is 0.516. The fourth-order valence-corrected chi connectivity index (χ4v) is 3.29. The number of halogens is 1. The second-order valence-electron chi connectivity index (χ2n) is 6.09. The van der Waals surface area contributed by atoms with E-state index in [4.69, 9.17) is 11.6 Å². The van der Waals surface area contributed by atoms with E-state index in [1.807, 2.05) is 6.07 Å². The lowest BCUT2D eigenvalue weighted by Gasteiger charge is -2.26. The van der Waals surface area contributed by atoms with Crippen molar-refractivity contribution in [2.24, 2.45) is 0 Å². The first kappa shape index (κ1) is 13.4. The van der Waals surface area contributed by atoms with Gasteiger partial charge in [0.05, 0.1) is 0 Å². The molecule has 3 rings (SSSR count). The lowest BCUT2D eigenvalue weighted by Crippen LogP contribution is -2.40. The molecule has 0 aliphatic heterocycles. The van der Waals surface area contributed by atoms with Crippen LogP contribution in [0.2, 0.25) is 5.02 Å². The molecule has 1 aromatic carbocycles. The largest absolute Gasteiger partial charge is 0.308 e. The zero-order valence-corrected chi connectivity index (χ0v) is 12.6. The van der Waals surface area contributed by atoms with Crippen molar-refractivity contribution < 1.29 is 0 Å². The SMILES string of the molecule is CC(CNC1CCc2cc(Cl)ccc21)N(C)C1CC1. The van der Waals surface area contributed by atoms with E-state index in [1.54, 1.807) is 0 Å². The third-order valence-corrected chi connectivity index (χ3v) is 4.90. The first-order valence-corrected chi connectivity index (χ1v) is 7.76. The van der Waals surface area contributed by atoms with E-state index in [1.165, 1.54) is 30.4 Å². The summed E-state index contributed by atoms with van der Waals surface area (Å²) >= 11 is 6.05. The summed E-state index contributed by atoms with van der Waals surface area (Å²) in [5.41, 5.74) is 2.87. The summed E-state index contributed by atoms with van der Waals surface area (Å²) < 4.78 is 0. The van der Waals surface area contributed by atoms with Crippen molar-refractivity contribution in [2.45, 2.75) is 50.7 Å². The summed E-state index contributed by atoms with van der Waals surface area (Å²) in [4.78, 5) is 2.52. The molecule has 19 heavy (non-hydrogen) atoms. The Bertz CT molecular complexity index is 456. The molecule has 1 aromatic rings. The van der Waals surface area contributed by atoms with Gasteiger partial charge >= 0.3 is 0 Å². The van der Waals surface area contributed by atoms with Gasteiger partial charge in [0.1, 0.15) is 0 Å². The molecule has 0 aromatic heterocycles. The molecule has 104 valence electrons. The van der Waals surface area contributed by atoms with Crippen LogP contribution < -0.4 is 5.32 Å². The van der Waals surface area contributed by atoms with Crippen LogP contribution in [-0.4, -0.2) is 30.6 Å². The van der Waals surface area contributed by atoms with Crippen LogP contribution in [0.25, 0.3) is 0 Å². The summed E-state index contributed by atoms with van der Waals surface area (Å²) in [6.45, 7) is 3.39. The number of hydrogen-bond donors (Lipinski definition) is 1. The van der Waals surface area contributed by atoms with Crippen molar-refractivity contribution in [2.75, 3.05) is 13.6 Å². The molecule has 2 unspecified atom stereocenters. The molecule has 0 bridgehead atoms. The molecule has 0 heterocycles. The maximum Gasteiger partial charge on any atom is 0.0408 e. The van der Waals surface area contributed by atoms with E-state index in [2.05, 4.69) is 36.3 Å². The predicted octanol–water partition coefficient (Wildman–Crippen LogP) is 3.40. The minimum atomic E-state index is 0.516. The Morgan fingerprint density at radius 3 is 2.89 bits per heavy atom. The normalized spacial score (nSPS) is 23.7. The molecule has 1 fully saturated rings. The molecule has 1 saturated carbocycles. The van der Waals surface area contributed by atoms with Gasteiger partial charge in [0, 0.05) is 29.7 Å². The molecule has 2 aliphatic carbocycles. The third kappa shape index (κ3) is 2.96. The Balaban J connectivity index is 1.57. The van der Waals surface area contributed by atoms with Gasteiger partial charge in [-0.3, -0.25) is 4.90 Å². The molecule has 0 amide bonds. The molecule has 0 radical (unpaired) electrons. The highest BCUT2D eigenvalue weighted by atomic mass is 35.5. The standard InChI is InChI=1S/C16H23ClN2/c1-11(19(2)14-5-6-14)10-18-16-8-3-12-9-13(17)4-7-15(12)16/h4,7,9,11,14,16,18H,3,5-6,8,10H2,1-2H3. The van der Waals surface area contributed by atoms with Crippen molar-refractivity contribution >= 4 is 11.6 Å². The Hall–Kier alpha value is -0.570. The van der Waals surface area contributed by atoms with Gasteiger partial charge in [0.2, 0.25) is 0 Å². The molecule has 2 aliphatic rings. The Labute approximate surface area is 121 Å². The summed E-state index contributed by atoms with van der Waals surface area (Å²) in [6.07, 6.45) is 5.12. The molecular formula is C16H23ClN2. The molecule has 1 N–H and O–H groups in total. The number of fused-ring (bicyclic) bond motifs is 1. The summed E-state index contributed by atoms with van der Waals surface area (Å²) in [7, 11) is 2.26. The van der Waals surface area contributed by atoms with Crippen LogP contribution >= 0.6 is 11.6 Å². The van der Waals surface area contributed by atoms with Gasteiger partial charge in [-0.15, -0.1) is 0 Å². The van der Waals surface area contributed by atoms with E-state index in [0.29, 0.717) is 12.1 Å². The Morgan fingerprint density at radius 2 is 2.16 bits per heavy atom. The van der Waals surface area contributed by atoms with Gasteiger partial charge in [-0.05, 0) is 62.9 Å². The molecule has 2 nitrogen and oxygen atoms in total. The highest BCUT2D eigenvalue weighted by Gasteiger charge is 2.30. The molecule has 0 spiro atoms. The second kappa shape index (κ2) is 5.43. The van der Waals surface area contributed by atoms with Crippen LogP contribution in [0.5, 0.6) is 0 Å². The summed E-state index contributed by atoms with van der Waals surface area (Å²) in [6, 6.07) is 8.30. The van der Waals surface area contributed by atoms with Crippen molar-refractivity contribution in [1.82, 2.24) is 10.2 Å². The molecule has 2 atom stereocenters. The molecule has 3 heteroatoms. The number of rotatable bonds is 5. The minimum Gasteiger partial charge on any atom is -0.308 e. The van der Waals surface area contributed by atoms with Gasteiger partial charge < -0.3 is 5.32 Å². The average molecular weight is 279 g/mol. The van der Waals surface area contributed by atoms with Gasteiger partial charge in [0.25, 0.3) is 0 Å². The van der Waals surface area contributed by atoms with Crippen LogP contribution in [0.3, 0.4) is 0 Å². The number of nitrogens with zero attached hydrogens (tertiary/aromatic N) is 1. The first-order valence-electron chi connectivity index (χ1n) is 7.39. The zero-order chi connectivity index (χ0) is 13.4. The number of benzene rings is 1. The van der Waals surface area contributed by atoms with Gasteiger partial charge in [-0.2, -0.15) is 0 Å². The van der Waals surface area contributed by atoms with Crippen molar-refractivity contribution in [3.05, 3.63) is 34.3 Å². The predicted molar refractivity (Wildman–Crippen MR) is 80.8 cm³/mol. The third-order valence-electron chi connectivity index (χ3n) is 4.66. The van der Waals surface area contributed by atoms with Crippen molar-refractivity contribution in [3.63, 3.8) is 0 Å². The van der Waals surface area contributed by atoms with E-state index >= 15 is 0 Å². The van der Waals surface area contributed by atoms with Crippen LogP contribution in [0.15, 0.2) is 18.2 Å². The number of likely N-dealkylation sites (N-methyl/N-ethyl adjacent to an activating group) is 1. The lowest BCUT2D eigenvalue weighted by molar-refractivity contribution is 0.235. The Kier molecular flexibility index (Phi) is 3.84. The number of hydrogen-bond acceptors (Lipinski definition) is 2. The lowest BCUT2D eigenvalue weighted by atomic mass is 10.1. The summed E-state index contributed by atoms with van der Waals surface area (Å²) in [5.74, 6) is 0. The highest BCUT2D eigenvalue weighted by Crippen LogP contribution is 2.33. The van der Waals surface area contributed by atoms with Crippen LogP contribution in [0.4, 0.5) is 0 Å². The van der Waals surface area contributed by atoms with Gasteiger partial charge in [-0.1, -0.05) is 17.7 Å². The summed E-state index contributed by atoms with van der Waals surface area (Å²) in [5, 5.41) is 4.60.